The van der Waals surface area contributed by atoms with Gasteiger partial charge in [-0.05, 0) is 50.1 Å². The van der Waals surface area contributed by atoms with Crippen molar-refractivity contribution in [1.29, 1.82) is 0 Å². The van der Waals surface area contributed by atoms with Crippen molar-refractivity contribution < 1.29 is 14.2 Å². The molecule has 5 heteroatoms. The largest absolute Gasteiger partial charge is 0.493 e. The molecular formula is C20H26ClNO3. The van der Waals surface area contributed by atoms with Crippen LogP contribution in [-0.2, 0) is 6.54 Å². The van der Waals surface area contributed by atoms with E-state index in [0.29, 0.717) is 23.1 Å². The van der Waals surface area contributed by atoms with Crippen molar-refractivity contribution in [3.05, 3.63) is 52.5 Å². The van der Waals surface area contributed by atoms with Crippen LogP contribution in [0.1, 0.15) is 37.9 Å². The Morgan fingerprint density at radius 3 is 2.44 bits per heavy atom. The Hall–Kier alpha value is -1.91. The van der Waals surface area contributed by atoms with Gasteiger partial charge in [0.15, 0.2) is 11.5 Å². The van der Waals surface area contributed by atoms with Crippen LogP contribution in [0.2, 0.25) is 5.02 Å². The highest BCUT2D eigenvalue weighted by atomic mass is 35.5. The minimum atomic E-state index is 0.153. The molecule has 0 aromatic heterocycles. The third-order valence-electron chi connectivity index (χ3n) is 3.89. The molecule has 2 rings (SSSR count). The first-order chi connectivity index (χ1) is 12.0. The first-order valence-electron chi connectivity index (χ1n) is 8.35. The number of hydrogen-bond donors (Lipinski definition) is 1. The SMILES string of the molecule is COc1ccc(CNC(C)c2cccc(OC(C)C)c2)c(Cl)c1OC. The summed E-state index contributed by atoms with van der Waals surface area (Å²) in [7, 11) is 3.18. The second kappa shape index (κ2) is 8.97. The van der Waals surface area contributed by atoms with E-state index >= 15 is 0 Å². The Kier molecular flexibility index (Phi) is 6.97. The van der Waals surface area contributed by atoms with Gasteiger partial charge in [-0.3, -0.25) is 0 Å². The van der Waals surface area contributed by atoms with E-state index in [9.17, 15) is 0 Å². The standard InChI is InChI=1S/C20H26ClNO3/c1-13(2)25-17-8-6-7-15(11-17)14(3)22-12-16-9-10-18(23-4)20(24-5)19(16)21/h6-11,13-14,22H,12H2,1-5H3. The van der Waals surface area contributed by atoms with Crippen molar-refractivity contribution in [3.63, 3.8) is 0 Å². The normalized spacial score (nSPS) is 12.1. The monoisotopic (exact) mass is 363 g/mol. The maximum Gasteiger partial charge on any atom is 0.179 e. The number of benzene rings is 2. The van der Waals surface area contributed by atoms with E-state index in [1.165, 1.54) is 0 Å². The van der Waals surface area contributed by atoms with E-state index in [1.807, 2.05) is 38.1 Å². The molecule has 0 amide bonds. The van der Waals surface area contributed by atoms with E-state index < -0.39 is 0 Å². The molecule has 0 spiro atoms. The summed E-state index contributed by atoms with van der Waals surface area (Å²) in [5.74, 6) is 2.07. The second-order valence-electron chi connectivity index (χ2n) is 6.12. The lowest BCUT2D eigenvalue weighted by Crippen LogP contribution is -2.18. The summed E-state index contributed by atoms with van der Waals surface area (Å²) in [5, 5.41) is 4.06. The van der Waals surface area contributed by atoms with Gasteiger partial charge in [0.25, 0.3) is 0 Å². The Morgan fingerprint density at radius 1 is 1.04 bits per heavy atom. The van der Waals surface area contributed by atoms with Gasteiger partial charge in [0.1, 0.15) is 5.75 Å². The molecule has 0 aliphatic heterocycles. The molecule has 25 heavy (non-hydrogen) atoms. The molecule has 1 unspecified atom stereocenters. The zero-order valence-electron chi connectivity index (χ0n) is 15.4. The van der Waals surface area contributed by atoms with Gasteiger partial charge in [-0.1, -0.05) is 29.8 Å². The van der Waals surface area contributed by atoms with Crippen LogP contribution in [0.4, 0.5) is 0 Å². The van der Waals surface area contributed by atoms with Crippen LogP contribution in [0.25, 0.3) is 0 Å². The van der Waals surface area contributed by atoms with Gasteiger partial charge in [-0.25, -0.2) is 0 Å². The maximum atomic E-state index is 6.44. The second-order valence-corrected chi connectivity index (χ2v) is 6.49. The predicted octanol–water partition coefficient (Wildman–Crippen LogP) is 5.00. The van der Waals surface area contributed by atoms with Crippen LogP contribution in [-0.4, -0.2) is 20.3 Å². The molecule has 1 atom stereocenters. The third-order valence-corrected chi connectivity index (χ3v) is 4.31. The summed E-state index contributed by atoms with van der Waals surface area (Å²) in [5.41, 5.74) is 2.12. The fourth-order valence-electron chi connectivity index (χ4n) is 2.58. The summed E-state index contributed by atoms with van der Waals surface area (Å²) >= 11 is 6.44. The van der Waals surface area contributed by atoms with Crippen LogP contribution in [0.3, 0.4) is 0 Å². The van der Waals surface area contributed by atoms with Crippen LogP contribution < -0.4 is 19.5 Å². The highest BCUT2D eigenvalue weighted by Crippen LogP contribution is 2.37. The molecule has 0 saturated heterocycles. The zero-order chi connectivity index (χ0) is 18.4. The molecule has 0 radical (unpaired) electrons. The lowest BCUT2D eigenvalue weighted by atomic mass is 10.1. The van der Waals surface area contributed by atoms with Gasteiger partial charge < -0.3 is 19.5 Å². The summed E-state index contributed by atoms with van der Waals surface area (Å²) in [6, 6.07) is 12.1. The van der Waals surface area contributed by atoms with E-state index in [0.717, 1.165) is 16.9 Å². The Labute approximate surface area is 155 Å². The van der Waals surface area contributed by atoms with Gasteiger partial charge >= 0.3 is 0 Å². The molecular weight excluding hydrogens is 338 g/mol. The molecule has 0 saturated carbocycles. The van der Waals surface area contributed by atoms with Gasteiger partial charge in [0.05, 0.1) is 25.3 Å². The molecule has 0 aliphatic carbocycles. The lowest BCUT2D eigenvalue weighted by Gasteiger charge is -2.18. The molecule has 136 valence electrons. The first-order valence-corrected chi connectivity index (χ1v) is 8.73. The van der Waals surface area contributed by atoms with Gasteiger partial charge in [-0.15, -0.1) is 0 Å². The lowest BCUT2D eigenvalue weighted by molar-refractivity contribution is 0.242. The minimum Gasteiger partial charge on any atom is -0.493 e. The van der Waals surface area contributed by atoms with Crippen LogP contribution in [0, 0.1) is 0 Å². The van der Waals surface area contributed by atoms with Crippen molar-refractivity contribution in [3.8, 4) is 17.2 Å². The molecule has 0 heterocycles. The predicted molar refractivity (Wildman–Crippen MR) is 102 cm³/mol. The third kappa shape index (κ3) is 5.03. The van der Waals surface area contributed by atoms with Crippen LogP contribution >= 0.6 is 11.6 Å². The Balaban J connectivity index is 2.08. The highest BCUT2D eigenvalue weighted by molar-refractivity contribution is 6.33. The van der Waals surface area contributed by atoms with Gasteiger partial charge in [0.2, 0.25) is 0 Å². The van der Waals surface area contributed by atoms with E-state index in [2.05, 4.69) is 24.4 Å². The summed E-state index contributed by atoms with van der Waals surface area (Å²) in [4.78, 5) is 0. The van der Waals surface area contributed by atoms with Crippen molar-refractivity contribution in [2.45, 2.75) is 39.5 Å². The Morgan fingerprint density at radius 2 is 1.80 bits per heavy atom. The maximum absolute atomic E-state index is 6.44. The number of ether oxygens (including phenoxy) is 3. The number of nitrogens with one attached hydrogen (secondary N) is 1. The van der Waals surface area contributed by atoms with Crippen molar-refractivity contribution in [2.75, 3.05) is 14.2 Å². The van der Waals surface area contributed by atoms with Gasteiger partial charge in [0, 0.05) is 12.6 Å². The number of rotatable bonds is 8. The summed E-state index contributed by atoms with van der Waals surface area (Å²) in [6.45, 7) is 6.78. The molecule has 1 N–H and O–H groups in total. The highest BCUT2D eigenvalue weighted by Gasteiger charge is 2.14. The quantitative estimate of drug-likeness (QED) is 0.716. The van der Waals surface area contributed by atoms with Crippen molar-refractivity contribution in [1.82, 2.24) is 5.32 Å². The molecule has 4 nitrogen and oxygen atoms in total. The summed E-state index contributed by atoms with van der Waals surface area (Å²) in [6.07, 6.45) is 0.157. The molecule has 0 aliphatic rings. The van der Waals surface area contributed by atoms with Crippen molar-refractivity contribution >= 4 is 11.6 Å². The summed E-state index contributed by atoms with van der Waals surface area (Å²) < 4.78 is 16.4. The molecule has 2 aromatic carbocycles. The van der Waals surface area contributed by atoms with Gasteiger partial charge in [-0.2, -0.15) is 0 Å². The smallest absolute Gasteiger partial charge is 0.179 e. The average molecular weight is 364 g/mol. The molecule has 2 aromatic rings. The van der Waals surface area contributed by atoms with E-state index in [4.69, 9.17) is 25.8 Å². The number of methoxy groups -OCH3 is 2. The van der Waals surface area contributed by atoms with Crippen LogP contribution in [0.5, 0.6) is 17.2 Å². The average Bonchev–Trinajstić information content (AvgIpc) is 2.59. The van der Waals surface area contributed by atoms with Crippen LogP contribution in [0.15, 0.2) is 36.4 Å². The molecule has 0 fully saturated rings. The van der Waals surface area contributed by atoms with E-state index in [-0.39, 0.29) is 12.1 Å². The Bertz CT molecular complexity index is 703. The zero-order valence-corrected chi connectivity index (χ0v) is 16.2. The fraction of sp³-hybridized carbons (Fsp3) is 0.400. The van der Waals surface area contributed by atoms with E-state index in [1.54, 1.807) is 14.2 Å². The first kappa shape index (κ1) is 19.4. The number of halogens is 1. The van der Waals surface area contributed by atoms with Crippen molar-refractivity contribution in [2.24, 2.45) is 0 Å². The number of hydrogen-bond acceptors (Lipinski definition) is 4. The molecule has 0 bridgehead atoms. The topological polar surface area (TPSA) is 39.7 Å². The fourth-order valence-corrected chi connectivity index (χ4v) is 2.88. The minimum absolute atomic E-state index is 0.153.